The van der Waals surface area contributed by atoms with E-state index < -0.39 is 0 Å². The fraction of sp³-hybridized carbons (Fsp3) is 0.818. The molecule has 4 nitrogen and oxygen atoms in total. The Morgan fingerprint density at radius 2 is 2.44 bits per heavy atom. The van der Waals surface area contributed by atoms with Gasteiger partial charge in [0, 0.05) is 19.0 Å². The maximum atomic E-state index is 11.8. The minimum Gasteiger partial charge on any atom is -0.355 e. The topological polar surface area (TPSA) is 58.2 Å². The van der Waals surface area contributed by atoms with Gasteiger partial charge < -0.3 is 10.6 Å². The monoisotopic (exact) mass is 244 g/mol. The summed E-state index contributed by atoms with van der Waals surface area (Å²) in [5.41, 5.74) is 0. The molecule has 2 N–H and O–H groups in total. The predicted molar refractivity (Wildman–Crippen MR) is 66.3 cm³/mol. The molecule has 1 aliphatic rings. The van der Waals surface area contributed by atoms with Crippen molar-refractivity contribution < 1.29 is 9.59 Å². The molecule has 2 atom stereocenters. The SMILES string of the molecule is CSCCC(C)NC(=O)C1CCC(=O)NC1. The Morgan fingerprint density at radius 3 is 3.00 bits per heavy atom. The van der Waals surface area contributed by atoms with Crippen LogP contribution in [0.4, 0.5) is 0 Å². The third-order valence-corrected chi connectivity index (χ3v) is 3.42. The highest BCUT2D eigenvalue weighted by atomic mass is 32.2. The average molecular weight is 244 g/mol. The molecule has 16 heavy (non-hydrogen) atoms. The van der Waals surface area contributed by atoms with Crippen molar-refractivity contribution >= 4 is 23.6 Å². The normalized spacial score (nSPS) is 22.4. The van der Waals surface area contributed by atoms with Crippen molar-refractivity contribution in [3.63, 3.8) is 0 Å². The van der Waals surface area contributed by atoms with E-state index in [9.17, 15) is 9.59 Å². The summed E-state index contributed by atoms with van der Waals surface area (Å²) in [6.45, 7) is 2.51. The van der Waals surface area contributed by atoms with Crippen molar-refractivity contribution in [1.82, 2.24) is 10.6 Å². The first-order valence-electron chi connectivity index (χ1n) is 5.69. The molecule has 0 bridgehead atoms. The second kappa shape index (κ2) is 6.78. The molecule has 1 heterocycles. The summed E-state index contributed by atoms with van der Waals surface area (Å²) in [5.74, 6) is 1.14. The van der Waals surface area contributed by atoms with E-state index in [2.05, 4.69) is 16.9 Å². The maximum Gasteiger partial charge on any atom is 0.225 e. The van der Waals surface area contributed by atoms with Crippen LogP contribution in [0.5, 0.6) is 0 Å². The van der Waals surface area contributed by atoms with Crippen LogP contribution in [0.1, 0.15) is 26.2 Å². The van der Waals surface area contributed by atoms with Gasteiger partial charge in [-0.3, -0.25) is 9.59 Å². The number of hydrogen-bond donors (Lipinski definition) is 2. The maximum absolute atomic E-state index is 11.8. The van der Waals surface area contributed by atoms with Crippen LogP contribution in [0.25, 0.3) is 0 Å². The molecule has 2 amide bonds. The van der Waals surface area contributed by atoms with Crippen LogP contribution < -0.4 is 10.6 Å². The van der Waals surface area contributed by atoms with Gasteiger partial charge in [0.2, 0.25) is 11.8 Å². The van der Waals surface area contributed by atoms with Crippen LogP contribution in [0.3, 0.4) is 0 Å². The van der Waals surface area contributed by atoms with Crippen LogP contribution in [0.15, 0.2) is 0 Å². The van der Waals surface area contributed by atoms with Crippen molar-refractivity contribution in [1.29, 1.82) is 0 Å². The van der Waals surface area contributed by atoms with E-state index >= 15 is 0 Å². The van der Waals surface area contributed by atoms with E-state index in [4.69, 9.17) is 0 Å². The zero-order valence-corrected chi connectivity index (χ0v) is 10.7. The van der Waals surface area contributed by atoms with Crippen LogP contribution in [-0.2, 0) is 9.59 Å². The van der Waals surface area contributed by atoms with Gasteiger partial charge in [-0.1, -0.05) is 0 Å². The zero-order valence-electron chi connectivity index (χ0n) is 9.91. The van der Waals surface area contributed by atoms with Gasteiger partial charge in [-0.25, -0.2) is 0 Å². The summed E-state index contributed by atoms with van der Waals surface area (Å²) in [5, 5.41) is 5.72. The van der Waals surface area contributed by atoms with Gasteiger partial charge in [-0.05, 0) is 31.8 Å². The van der Waals surface area contributed by atoms with Crippen molar-refractivity contribution in [2.45, 2.75) is 32.2 Å². The molecule has 0 aromatic carbocycles. The lowest BCUT2D eigenvalue weighted by molar-refractivity contribution is -0.129. The largest absolute Gasteiger partial charge is 0.355 e. The van der Waals surface area contributed by atoms with Crippen LogP contribution >= 0.6 is 11.8 Å². The Balaban J connectivity index is 2.26. The summed E-state index contributed by atoms with van der Waals surface area (Å²) >= 11 is 1.78. The molecular weight excluding hydrogens is 224 g/mol. The highest BCUT2D eigenvalue weighted by molar-refractivity contribution is 7.98. The first-order valence-corrected chi connectivity index (χ1v) is 7.09. The van der Waals surface area contributed by atoms with Gasteiger partial charge in [-0.2, -0.15) is 11.8 Å². The molecule has 0 radical (unpaired) electrons. The molecule has 0 aromatic heterocycles. The van der Waals surface area contributed by atoms with E-state index in [0.29, 0.717) is 19.4 Å². The molecule has 5 heteroatoms. The molecule has 1 saturated heterocycles. The lowest BCUT2D eigenvalue weighted by atomic mass is 9.98. The Labute approximate surface area is 101 Å². The Hall–Kier alpha value is -0.710. The van der Waals surface area contributed by atoms with E-state index in [0.717, 1.165) is 12.2 Å². The average Bonchev–Trinajstić information content (AvgIpc) is 2.27. The van der Waals surface area contributed by atoms with E-state index in [1.807, 2.05) is 6.92 Å². The second-order valence-electron chi connectivity index (χ2n) is 4.23. The minimum absolute atomic E-state index is 0.0468. The minimum atomic E-state index is -0.0468. The molecule has 1 fully saturated rings. The number of hydrogen-bond acceptors (Lipinski definition) is 3. The zero-order chi connectivity index (χ0) is 12.0. The van der Waals surface area contributed by atoms with Crippen molar-refractivity contribution in [2.24, 2.45) is 5.92 Å². The number of amides is 2. The standard InChI is InChI=1S/C11H20N2O2S/c1-8(5-6-16-2)13-11(15)9-3-4-10(14)12-7-9/h8-9H,3-7H2,1-2H3,(H,12,14)(H,13,15). The van der Waals surface area contributed by atoms with Gasteiger partial charge in [0.25, 0.3) is 0 Å². The number of thioether (sulfide) groups is 1. The van der Waals surface area contributed by atoms with Gasteiger partial charge in [0.05, 0.1) is 5.92 Å². The molecular formula is C11H20N2O2S. The lowest BCUT2D eigenvalue weighted by Gasteiger charge is -2.23. The van der Waals surface area contributed by atoms with Gasteiger partial charge in [0.15, 0.2) is 0 Å². The smallest absolute Gasteiger partial charge is 0.225 e. The molecule has 2 unspecified atom stereocenters. The Morgan fingerprint density at radius 1 is 1.69 bits per heavy atom. The third kappa shape index (κ3) is 4.43. The third-order valence-electron chi connectivity index (χ3n) is 2.78. The molecule has 1 aliphatic heterocycles. The quantitative estimate of drug-likeness (QED) is 0.751. The number of carbonyl (C=O) groups excluding carboxylic acids is 2. The highest BCUT2D eigenvalue weighted by Crippen LogP contribution is 2.11. The lowest BCUT2D eigenvalue weighted by Crippen LogP contribution is -2.45. The van der Waals surface area contributed by atoms with E-state index in [1.165, 1.54) is 0 Å². The van der Waals surface area contributed by atoms with Crippen LogP contribution in [0, 0.1) is 5.92 Å². The number of rotatable bonds is 5. The summed E-state index contributed by atoms with van der Waals surface area (Å²) in [6.07, 6.45) is 4.20. The predicted octanol–water partition coefficient (Wildman–Crippen LogP) is 0.770. The van der Waals surface area contributed by atoms with E-state index in [1.54, 1.807) is 11.8 Å². The fourth-order valence-corrected chi connectivity index (χ4v) is 2.27. The molecule has 0 saturated carbocycles. The molecule has 0 spiro atoms. The first-order chi connectivity index (χ1) is 7.63. The molecule has 92 valence electrons. The van der Waals surface area contributed by atoms with Crippen molar-refractivity contribution in [3.8, 4) is 0 Å². The van der Waals surface area contributed by atoms with E-state index in [-0.39, 0.29) is 23.8 Å². The Kier molecular flexibility index (Phi) is 5.66. The van der Waals surface area contributed by atoms with Gasteiger partial charge in [0.1, 0.15) is 0 Å². The fourth-order valence-electron chi connectivity index (χ4n) is 1.68. The van der Waals surface area contributed by atoms with Gasteiger partial charge >= 0.3 is 0 Å². The Bertz CT molecular complexity index is 248. The number of nitrogens with one attached hydrogen (secondary N) is 2. The molecule has 0 aliphatic carbocycles. The second-order valence-corrected chi connectivity index (χ2v) is 5.22. The van der Waals surface area contributed by atoms with Crippen LogP contribution in [0.2, 0.25) is 0 Å². The molecule has 1 rings (SSSR count). The van der Waals surface area contributed by atoms with Crippen molar-refractivity contribution in [3.05, 3.63) is 0 Å². The molecule has 0 aromatic rings. The van der Waals surface area contributed by atoms with Gasteiger partial charge in [-0.15, -0.1) is 0 Å². The summed E-state index contributed by atoms with van der Waals surface area (Å²) in [6, 6.07) is 0.220. The summed E-state index contributed by atoms with van der Waals surface area (Å²) in [7, 11) is 0. The number of piperidine rings is 1. The summed E-state index contributed by atoms with van der Waals surface area (Å²) in [4.78, 5) is 22.8. The van der Waals surface area contributed by atoms with Crippen molar-refractivity contribution in [2.75, 3.05) is 18.6 Å². The highest BCUT2D eigenvalue weighted by Gasteiger charge is 2.24. The summed E-state index contributed by atoms with van der Waals surface area (Å²) < 4.78 is 0. The number of carbonyl (C=O) groups is 2. The van der Waals surface area contributed by atoms with Crippen LogP contribution in [-0.4, -0.2) is 36.4 Å². The first kappa shape index (κ1) is 13.4.